The van der Waals surface area contributed by atoms with E-state index in [0.29, 0.717) is 13.1 Å². The lowest BCUT2D eigenvalue weighted by atomic mass is 10.1. The summed E-state index contributed by atoms with van der Waals surface area (Å²) in [5.41, 5.74) is -0.0593. The van der Waals surface area contributed by atoms with E-state index in [2.05, 4.69) is 5.32 Å². The highest BCUT2D eigenvalue weighted by Crippen LogP contribution is 2.22. The van der Waals surface area contributed by atoms with Crippen LogP contribution >= 0.6 is 0 Å². The molecule has 1 fully saturated rings. The normalized spacial score (nSPS) is 14.4. The fraction of sp³-hybridized carbons (Fsp3) is 0.364. The number of benzene rings is 2. The standard InChI is InChI=1S/C22H24FN3O7S/c23-19-10-7-17(14-20(19)26(29)30)24-21(27)15-33-22(28)11-6-16-4-8-18(9-5-16)34(31,32)25-12-2-1-3-13-25/h4-5,7-10,14H,1-3,6,11-13,15H2,(H,24,27). The van der Waals surface area contributed by atoms with Crippen molar-refractivity contribution in [3.8, 4) is 0 Å². The van der Waals surface area contributed by atoms with E-state index >= 15 is 0 Å². The predicted octanol–water partition coefficient (Wildman–Crippen LogP) is 3.02. The average molecular weight is 494 g/mol. The molecule has 2 aromatic carbocycles. The lowest BCUT2D eigenvalue weighted by Gasteiger charge is -2.25. The molecule has 0 atom stereocenters. The molecule has 182 valence electrons. The van der Waals surface area contributed by atoms with Crippen molar-refractivity contribution in [2.45, 2.75) is 37.0 Å². The summed E-state index contributed by atoms with van der Waals surface area (Å²) in [5, 5.41) is 13.0. The summed E-state index contributed by atoms with van der Waals surface area (Å²) in [6.45, 7) is 0.417. The van der Waals surface area contributed by atoms with Crippen LogP contribution in [-0.4, -0.2) is 49.2 Å². The van der Waals surface area contributed by atoms with Gasteiger partial charge in [-0.3, -0.25) is 19.7 Å². The first-order valence-corrected chi connectivity index (χ1v) is 12.1. The van der Waals surface area contributed by atoms with Crippen LogP contribution in [0, 0.1) is 15.9 Å². The highest BCUT2D eigenvalue weighted by molar-refractivity contribution is 7.89. The second-order valence-corrected chi connectivity index (χ2v) is 9.68. The summed E-state index contributed by atoms with van der Waals surface area (Å²) in [4.78, 5) is 33.9. The predicted molar refractivity (Wildman–Crippen MR) is 120 cm³/mol. The van der Waals surface area contributed by atoms with E-state index < -0.39 is 44.9 Å². The Hall–Kier alpha value is -3.38. The van der Waals surface area contributed by atoms with Crippen molar-refractivity contribution in [3.63, 3.8) is 0 Å². The zero-order chi connectivity index (χ0) is 24.7. The monoisotopic (exact) mass is 493 g/mol. The fourth-order valence-corrected chi connectivity index (χ4v) is 4.99. The van der Waals surface area contributed by atoms with Gasteiger partial charge in [0.05, 0.1) is 9.82 Å². The SMILES string of the molecule is O=C(COC(=O)CCc1ccc(S(=O)(=O)N2CCCCC2)cc1)Nc1ccc(F)c([N+](=O)[O-])c1. The Morgan fingerprint density at radius 2 is 1.76 bits per heavy atom. The van der Waals surface area contributed by atoms with Gasteiger partial charge in [0.25, 0.3) is 5.91 Å². The van der Waals surface area contributed by atoms with Gasteiger partial charge in [0.15, 0.2) is 6.61 Å². The van der Waals surface area contributed by atoms with E-state index in [9.17, 15) is 32.5 Å². The number of hydrogen-bond acceptors (Lipinski definition) is 7. The number of carbonyl (C=O) groups is 2. The largest absolute Gasteiger partial charge is 0.456 e. The van der Waals surface area contributed by atoms with Crippen molar-refractivity contribution in [1.82, 2.24) is 4.31 Å². The molecule has 1 N–H and O–H groups in total. The fourth-order valence-electron chi connectivity index (χ4n) is 3.47. The molecule has 34 heavy (non-hydrogen) atoms. The van der Waals surface area contributed by atoms with E-state index in [4.69, 9.17) is 4.74 Å². The van der Waals surface area contributed by atoms with E-state index in [-0.39, 0.29) is 23.4 Å². The number of amides is 1. The zero-order valence-electron chi connectivity index (χ0n) is 18.2. The van der Waals surface area contributed by atoms with Crippen molar-refractivity contribution >= 4 is 33.3 Å². The number of aryl methyl sites for hydroxylation is 1. The van der Waals surface area contributed by atoms with Crippen LogP contribution in [0.4, 0.5) is 15.8 Å². The van der Waals surface area contributed by atoms with Crippen LogP contribution in [0.2, 0.25) is 0 Å². The summed E-state index contributed by atoms with van der Waals surface area (Å²) in [6.07, 6.45) is 2.97. The number of rotatable bonds is 9. The van der Waals surface area contributed by atoms with Gasteiger partial charge in [-0.1, -0.05) is 18.6 Å². The number of hydrogen-bond donors (Lipinski definition) is 1. The third kappa shape index (κ3) is 6.58. The summed E-state index contributed by atoms with van der Waals surface area (Å²) in [7, 11) is -3.52. The van der Waals surface area contributed by atoms with E-state index in [1.807, 2.05) is 0 Å². The van der Waals surface area contributed by atoms with Crippen LogP contribution in [0.1, 0.15) is 31.2 Å². The number of carbonyl (C=O) groups excluding carboxylic acids is 2. The number of ether oxygens (including phenoxy) is 1. The zero-order valence-corrected chi connectivity index (χ0v) is 19.1. The van der Waals surface area contributed by atoms with Gasteiger partial charge in [-0.2, -0.15) is 8.70 Å². The Balaban J connectivity index is 1.45. The van der Waals surface area contributed by atoms with Gasteiger partial charge in [-0.25, -0.2) is 8.42 Å². The Morgan fingerprint density at radius 1 is 1.09 bits per heavy atom. The third-order valence-corrected chi connectivity index (χ3v) is 7.20. The molecule has 0 aliphatic carbocycles. The minimum absolute atomic E-state index is 0.00579. The smallest absolute Gasteiger partial charge is 0.306 e. The van der Waals surface area contributed by atoms with Crippen LogP contribution in [0.3, 0.4) is 0 Å². The second kappa shape index (κ2) is 11.2. The third-order valence-electron chi connectivity index (χ3n) is 5.28. The van der Waals surface area contributed by atoms with Gasteiger partial charge in [-0.15, -0.1) is 0 Å². The summed E-state index contributed by atoms with van der Waals surface area (Å²) < 4.78 is 45.1. The minimum Gasteiger partial charge on any atom is -0.456 e. The summed E-state index contributed by atoms with van der Waals surface area (Å²) in [5.74, 6) is -2.42. The highest BCUT2D eigenvalue weighted by Gasteiger charge is 2.25. The Morgan fingerprint density at radius 3 is 2.41 bits per heavy atom. The first-order chi connectivity index (χ1) is 16.2. The first-order valence-electron chi connectivity index (χ1n) is 10.7. The number of anilines is 1. The molecule has 10 nitrogen and oxygen atoms in total. The molecule has 1 saturated heterocycles. The molecule has 0 saturated carbocycles. The molecule has 0 spiro atoms. The Kier molecular flexibility index (Phi) is 8.29. The number of piperidine rings is 1. The molecule has 1 aliphatic rings. The number of esters is 1. The summed E-state index contributed by atoms with van der Waals surface area (Å²) >= 11 is 0. The van der Waals surface area contributed by atoms with Crippen LogP contribution in [-0.2, 0) is 30.8 Å². The van der Waals surface area contributed by atoms with Crippen molar-refractivity contribution in [2.75, 3.05) is 25.0 Å². The number of nitro groups is 1. The highest BCUT2D eigenvalue weighted by atomic mass is 32.2. The van der Waals surface area contributed by atoms with Crippen LogP contribution < -0.4 is 5.32 Å². The van der Waals surface area contributed by atoms with E-state index in [1.165, 1.54) is 16.4 Å². The second-order valence-electron chi connectivity index (χ2n) is 7.74. The van der Waals surface area contributed by atoms with Crippen molar-refractivity contribution in [3.05, 3.63) is 64.0 Å². The molecule has 1 aliphatic heterocycles. The molecule has 1 heterocycles. The number of nitrogens with one attached hydrogen (secondary N) is 1. The number of nitrogens with zero attached hydrogens (tertiary/aromatic N) is 2. The maximum Gasteiger partial charge on any atom is 0.306 e. The van der Waals surface area contributed by atoms with E-state index in [0.717, 1.165) is 43.0 Å². The quantitative estimate of drug-likeness (QED) is 0.322. The van der Waals surface area contributed by atoms with Gasteiger partial charge >= 0.3 is 11.7 Å². The van der Waals surface area contributed by atoms with Crippen LogP contribution in [0.25, 0.3) is 0 Å². The topological polar surface area (TPSA) is 136 Å². The molecule has 3 rings (SSSR count). The maximum atomic E-state index is 13.3. The average Bonchev–Trinajstić information content (AvgIpc) is 2.83. The maximum absolute atomic E-state index is 13.3. The van der Waals surface area contributed by atoms with Crippen molar-refractivity contribution in [2.24, 2.45) is 0 Å². The molecule has 0 bridgehead atoms. The lowest BCUT2D eigenvalue weighted by molar-refractivity contribution is -0.387. The van der Waals surface area contributed by atoms with Crippen LogP contribution in [0.15, 0.2) is 47.4 Å². The molecule has 0 aromatic heterocycles. The molecular formula is C22H24FN3O7S. The summed E-state index contributed by atoms with van der Waals surface area (Å²) in [6, 6.07) is 9.17. The molecule has 0 unspecified atom stereocenters. The minimum atomic E-state index is -3.52. The van der Waals surface area contributed by atoms with Gasteiger partial charge < -0.3 is 10.1 Å². The lowest BCUT2D eigenvalue weighted by Crippen LogP contribution is -2.35. The number of sulfonamides is 1. The first kappa shape index (κ1) is 25.2. The molecule has 12 heteroatoms. The Labute approximate surface area is 195 Å². The van der Waals surface area contributed by atoms with Crippen molar-refractivity contribution in [1.29, 1.82) is 0 Å². The van der Waals surface area contributed by atoms with Gasteiger partial charge in [0.2, 0.25) is 15.8 Å². The number of nitro benzene ring substituents is 1. The van der Waals surface area contributed by atoms with Crippen molar-refractivity contribution < 1.29 is 32.1 Å². The molecule has 0 radical (unpaired) electrons. The Bertz CT molecular complexity index is 1160. The van der Waals surface area contributed by atoms with Gasteiger partial charge in [0, 0.05) is 31.3 Å². The van der Waals surface area contributed by atoms with Gasteiger partial charge in [0.1, 0.15) is 0 Å². The van der Waals surface area contributed by atoms with Crippen LogP contribution in [0.5, 0.6) is 0 Å². The number of halogens is 1. The van der Waals surface area contributed by atoms with E-state index in [1.54, 1.807) is 12.1 Å². The molecule has 1 amide bonds. The molecular weight excluding hydrogens is 469 g/mol. The van der Waals surface area contributed by atoms with Gasteiger partial charge in [-0.05, 0) is 49.1 Å². The molecule has 2 aromatic rings.